The fourth-order valence-electron chi connectivity index (χ4n) is 2.56. The van der Waals surface area contributed by atoms with Crippen molar-refractivity contribution in [1.29, 1.82) is 0 Å². The maximum Gasteiger partial charge on any atom is 0.321 e. The number of ether oxygens (including phenoxy) is 1. The molecule has 1 N–H and O–H groups in total. The predicted molar refractivity (Wildman–Crippen MR) is 97.6 cm³/mol. The molecule has 7 nitrogen and oxygen atoms in total. The van der Waals surface area contributed by atoms with Crippen LogP contribution in [0.5, 0.6) is 6.01 Å². The van der Waals surface area contributed by atoms with Gasteiger partial charge in [0.15, 0.2) is 5.82 Å². The van der Waals surface area contributed by atoms with Crippen LogP contribution in [-0.2, 0) is 11.3 Å². The van der Waals surface area contributed by atoms with E-state index in [1.165, 1.54) is 19.6 Å². The third-order valence-corrected chi connectivity index (χ3v) is 4.67. The van der Waals surface area contributed by atoms with E-state index in [0.29, 0.717) is 11.8 Å². The summed E-state index contributed by atoms with van der Waals surface area (Å²) in [6.45, 7) is 2.10. The Balaban J connectivity index is 1.63. The number of nitrogens with one attached hydrogen (secondary N) is 1. The summed E-state index contributed by atoms with van der Waals surface area (Å²) >= 11 is 1.58. The average molecular weight is 359 g/mol. The maximum atomic E-state index is 11.9. The summed E-state index contributed by atoms with van der Waals surface area (Å²) in [6.07, 6.45) is 6.79. The number of nitrogens with zero attached hydrogens (tertiary/aromatic N) is 4. The summed E-state index contributed by atoms with van der Waals surface area (Å²) in [4.78, 5) is 28.1. The molecule has 3 rings (SSSR count). The summed E-state index contributed by atoms with van der Waals surface area (Å²) < 4.78 is 5.18. The maximum absolute atomic E-state index is 11.9. The van der Waals surface area contributed by atoms with Crippen LogP contribution >= 0.6 is 11.3 Å². The first-order valence-corrected chi connectivity index (χ1v) is 9.16. The van der Waals surface area contributed by atoms with E-state index in [1.54, 1.807) is 17.4 Å². The van der Waals surface area contributed by atoms with Crippen LogP contribution in [-0.4, -0.2) is 41.1 Å². The van der Waals surface area contributed by atoms with Gasteiger partial charge >= 0.3 is 6.01 Å². The Bertz CT molecular complexity index is 727. The zero-order chi connectivity index (χ0) is 17.5. The van der Waals surface area contributed by atoms with Crippen molar-refractivity contribution in [3.8, 4) is 6.01 Å². The number of rotatable bonds is 6. The molecule has 1 saturated heterocycles. The molecule has 1 aliphatic rings. The number of anilines is 1. The van der Waals surface area contributed by atoms with Crippen LogP contribution in [0.3, 0.4) is 0 Å². The van der Waals surface area contributed by atoms with Crippen LogP contribution in [0.2, 0.25) is 0 Å². The number of hydrogen-bond donors (Lipinski definition) is 1. The topological polar surface area (TPSA) is 80.2 Å². The molecule has 132 valence electrons. The lowest BCUT2D eigenvalue weighted by atomic mass is 10.1. The van der Waals surface area contributed by atoms with Crippen molar-refractivity contribution in [3.05, 3.63) is 34.3 Å². The van der Waals surface area contributed by atoms with Crippen molar-refractivity contribution in [2.24, 2.45) is 0 Å². The van der Waals surface area contributed by atoms with Gasteiger partial charge < -0.3 is 15.0 Å². The van der Waals surface area contributed by atoms with E-state index in [0.717, 1.165) is 30.8 Å². The standard InChI is InChI=1S/C17H21N5O2S/c1-24-17-20-14(19-16(21-17)22-9-3-2-4-10-22)12-18-15(23)8-7-13-6-5-11-25-13/h5-8,11H,2-4,9-10,12H2,1H3,(H,18,23)/b8-7+. The van der Waals surface area contributed by atoms with Gasteiger partial charge in [-0.3, -0.25) is 4.79 Å². The van der Waals surface area contributed by atoms with E-state index < -0.39 is 0 Å². The number of carbonyl (C=O) groups is 1. The Morgan fingerprint density at radius 3 is 2.88 bits per heavy atom. The van der Waals surface area contributed by atoms with E-state index >= 15 is 0 Å². The summed E-state index contributed by atoms with van der Waals surface area (Å²) in [5, 5.41) is 4.76. The number of hydrogen-bond acceptors (Lipinski definition) is 7. The molecule has 1 amide bonds. The second kappa shape index (κ2) is 8.57. The summed E-state index contributed by atoms with van der Waals surface area (Å²) in [5.41, 5.74) is 0. The fourth-order valence-corrected chi connectivity index (χ4v) is 3.18. The van der Waals surface area contributed by atoms with Crippen LogP contribution in [0.15, 0.2) is 23.6 Å². The smallest absolute Gasteiger partial charge is 0.321 e. The second-order valence-corrected chi connectivity index (χ2v) is 6.63. The van der Waals surface area contributed by atoms with Gasteiger partial charge in [0.1, 0.15) is 0 Å². The molecule has 0 unspecified atom stereocenters. The van der Waals surface area contributed by atoms with Crippen LogP contribution in [0.4, 0.5) is 5.95 Å². The van der Waals surface area contributed by atoms with Gasteiger partial charge in [-0.25, -0.2) is 0 Å². The SMILES string of the molecule is COc1nc(CNC(=O)/C=C/c2cccs2)nc(N2CCCCC2)n1. The van der Waals surface area contributed by atoms with Crippen LogP contribution < -0.4 is 15.0 Å². The molecule has 1 aliphatic heterocycles. The van der Waals surface area contributed by atoms with E-state index in [4.69, 9.17) is 4.74 Å². The van der Waals surface area contributed by atoms with Crippen LogP contribution in [0.1, 0.15) is 30.0 Å². The van der Waals surface area contributed by atoms with Gasteiger partial charge in [-0.15, -0.1) is 11.3 Å². The zero-order valence-corrected chi connectivity index (χ0v) is 15.0. The molecule has 0 aromatic carbocycles. The Morgan fingerprint density at radius 2 is 2.16 bits per heavy atom. The first-order valence-electron chi connectivity index (χ1n) is 8.28. The quantitative estimate of drug-likeness (QED) is 0.797. The highest BCUT2D eigenvalue weighted by molar-refractivity contribution is 7.10. The summed E-state index contributed by atoms with van der Waals surface area (Å²) in [7, 11) is 1.53. The first kappa shape index (κ1) is 17.3. The highest BCUT2D eigenvalue weighted by atomic mass is 32.1. The van der Waals surface area contributed by atoms with Gasteiger partial charge in [-0.05, 0) is 36.8 Å². The molecule has 0 aliphatic carbocycles. The lowest BCUT2D eigenvalue weighted by molar-refractivity contribution is -0.116. The molecule has 25 heavy (non-hydrogen) atoms. The number of amides is 1. The van der Waals surface area contributed by atoms with Crippen molar-refractivity contribution < 1.29 is 9.53 Å². The fraction of sp³-hybridized carbons (Fsp3) is 0.412. The van der Waals surface area contributed by atoms with E-state index in [9.17, 15) is 4.79 Å². The zero-order valence-electron chi connectivity index (χ0n) is 14.1. The number of aromatic nitrogens is 3. The van der Waals surface area contributed by atoms with E-state index in [2.05, 4.69) is 25.2 Å². The number of piperidine rings is 1. The van der Waals surface area contributed by atoms with Crippen molar-refractivity contribution in [2.45, 2.75) is 25.8 Å². The minimum atomic E-state index is -0.188. The van der Waals surface area contributed by atoms with Crippen molar-refractivity contribution in [1.82, 2.24) is 20.3 Å². The summed E-state index contributed by atoms with van der Waals surface area (Å²) in [6, 6.07) is 4.17. The Hall–Kier alpha value is -2.48. The molecular weight excluding hydrogens is 338 g/mol. The van der Waals surface area contributed by atoms with Crippen molar-refractivity contribution >= 4 is 29.3 Å². The van der Waals surface area contributed by atoms with Gasteiger partial charge in [-0.1, -0.05) is 6.07 Å². The predicted octanol–water partition coefficient (Wildman–Crippen LogP) is 2.26. The van der Waals surface area contributed by atoms with Crippen LogP contribution in [0.25, 0.3) is 6.08 Å². The molecular formula is C17H21N5O2S. The molecule has 0 spiro atoms. The van der Waals surface area contributed by atoms with E-state index in [1.807, 2.05) is 17.5 Å². The molecule has 1 fully saturated rings. The largest absolute Gasteiger partial charge is 0.467 e. The number of carbonyl (C=O) groups excluding carboxylic acids is 1. The molecule has 2 aromatic heterocycles. The lowest BCUT2D eigenvalue weighted by Gasteiger charge is -2.26. The Kier molecular flexibility index (Phi) is 5.95. The average Bonchev–Trinajstić information content (AvgIpc) is 3.19. The molecule has 0 bridgehead atoms. The third kappa shape index (κ3) is 4.99. The minimum absolute atomic E-state index is 0.188. The normalized spacial score (nSPS) is 14.7. The van der Waals surface area contributed by atoms with Gasteiger partial charge in [0.2, 0.25) is 11.9 Å². The van der Waals surface area contributed by atoms with Gasteiger partial charge in [0.25, 0.3) is 0 Å². The minimum Gasteiger partial charge on any atom is -0.467 e. The Labute approximate surface area is 150 Å². The summed E-state index contributed by atoms with van der Waals surface area (Å²) in [5.74, 6) is 0.919. The van der Waals surface area contributed by atoms with E-state index in [-0.39, 0.29) is 18.5 Å². The van der Waals surface area contributed by atoms with Gasteiger partial charge in [0.05, 0.1) is 13.7 Å². The lowest BCUT2D eigenvalue weighted by Crippen LogP contribution is -2.32. The Morgan fingerprint density at radius 1 is 1.32 bits per heavy atom. The van der Waals surface area contributed by atoms with Crippen molar-refractivity contribution in [2.75, 3.05) is 25.1 Å². The monoisotopic (exact) mass is 359 g/mol. The molecule has 0 atom stereocenters. The third-order valence-electron chi connectivity index (χ3n) is 3.83. The highest BCUT2D eigenvalue weighted by Gasteiger charge is 2.16. The molecule has 8 heteroatoms. The first-order chi connectivity index (χ1) is 12.2. The number of methoxy groups -OCH3 is 1. The number of thiophene rings is 1. The molecule has 2 aromatic rings. The highest BCUT2D eigenvalue weighted by Crippen LogP contribution is 2.17. The molecule has 0 radical (unpaired) electrons. The van der Waals surface area contributed by atoms with Gasteiger partial charge in [-0.2, -0.15) is 15.0 Å². The van der Waals surface area contributed by atoms with Crippen LogP contribution in [0, 0.1) is 0 Å². The van der Waals surface area contributed by atoms with Crippen molar-refractivity contribution in [3.63, 3.8) is 0 Å². The molecule has 3 heterocycles. The van der Waals surface area contributed by atoms with Gasteiger partial charge in [0, 0.05) is 24.0 Å². The molecule has 0 saturated carbocycles. The second-order valence-electron chi connectivity index (χ2n) is 5.65.